The number of piperidine rings is 1. The second kappa shape index (κ2) is 7.08. The van der Waals surface area contributed by atoms with Crippen molar-refractivity contribution in [1.29, 1.82) is 0 Å². The van der Waals surface area contributed by atoms with Crippen LogP contribution in [0.15, 0.2) is 36.7 Å². The highest BCUT2D eigenvalue weighted by Gasteiger charge is 2.30. The van der Waals surface area contributed by atoms with Crippen molar-refractivity contribution in [2.75, 3.05) is 13.1 Å². The topological polar surface area (TPSA) is 89.2 Å². The Hall–Kier alpha value is -2.80. The molecule has 1 saturated heterocycles. The van der Waals surface area contributed by atoms with E-state index < -0.39 is 5.91 Å². The van der Waals surface area contributed by atoms with Crippen molar-refractivity contribution in [2.45, 2.75) is 25.7 Å². The summed E-state index contributed by atoms with van der Waals surface area (Å²) in [5.74, 6) is -0.383. The number of thiophene rings is 1. The quantitative estimate of drug-likeness (QED) is 0.756. The molecule has 0 aliphatic carbocycles. The van der Waals surface area contributed by atoms with Gasteiger partial charge in [-0.3, -0.25) is 14.6 Å². The molecule has 1 fully saturated rings. The molecule has 4 rings (SSSR count). The fraction of sp³-hybridized carbons (Fsp3) is 0.300. The van der Waals surface area contributed by atoms with Gasteiger partial charge >= 0.3 is 0 Å². The van der Waals surface area contributed by atoms with Crippen LogP contribution in [0.5, 0.6) is 0 Å². The Morgan fingerprint density at radius 2 is 2.11 bits per heavy atom. The second-order valence-corrected chi connectivity index (χ2v) is 7.84. The van der Waals surface area contributed by atoms with Crippen LogP contribution in [0.2, 0.25) is 0 Å². The standard InChI is InChI=1S/C20H20N4O2S/c1-12-6-7-13(10-23-12)20(26)24-9-3-4-14(11-24)16-15-5-2-8-22-19(15)27-17(16)18(21)25/h2,5-8,10,14H,3-4,9,11H2,1H3,(H2,21,25)/t14-/m1/s1. The third-order valence-corrected chi connectivity index (χ3v) is 6.15. The zero-order valence-electron chi connectivity index (χ0n) is 15.0. The van der Waals surface area contributed by atoms with Crippen LogP contribution in [0.25, 0.3) is 10.2 Å². The fourth-order valence-corrected chi connectivity index (χ4v) is 4.80. The zero-order chi connectivity index (χ0) is 19.0. The van der Waals surface area contributed by atoms with Crippen LogP contribution >= 0.6 is 11.3 Å². The molecule has 3 aromatic heterocycles. The van der Waals surface area contributed by atoms with Gasteiger partial charge in [0.05, 0.1) is 10.4 Å². The van der Waals surface area contributed by atoms with E-state index in [2.05, 4.69) is 9.97 Å². The fourth-order valence-electron chi connectivity index (χ4n) is 3.71. The Kier molecular flexibility index (Phi) is 4.61. The van der Waals surface area contributed by atoms with Gasteiger partial charge in [-0.1, -0.05) is 6.07 Å². The Morgan fingerprint density at radius 3 is 2.85 bits per heavy atom. The number of carbonyl (C=O) groups is 2. The van der Waals surface area contributed by atoms with Crippen molar-refractivity contribution >= 4 is 33.4 Å². The molecular weight excluding hydrogens is 360 g/mol. The maximum Gasteiger partial charge on any atom is 0.259 e. The molecule has 2 N–H and O–H groups in total. The van der Waals surface area contributed by atoms with E-state index in [4.69, 9.17) is 5.73 Å². The summed E-state index contributed by atoms with van der Waals surface area (Å²) in [6.45, 7) is 3.16. The van der Waals surface area contributed by atoms with Gasteiger partial charge in [-0.15, -0.1) is 11.3 Å². The van der Waals surface area contributed by atoms with Crippen molar-refractivity contribution < 1.29 is 9.59 Å². The Morgan fingerprint density at radius 1 is 1.26 bits per heavy atom. The Bertz CT molecular complexity index is 1010. The predicted molar refractivity (Wildman–Crippen MR) is 105 cm³/mol. The molecule has 1 aliphatic heterocycles. The lowest BCUT2D eigenvalue weighted by molar-refractivity contribution is 0.0707. The van der Waals surface area contributed by atoms with Gasteiger partial charge in [0, 0.05) is 42.5 Å². The highest BCUT2D eigenvalue weighted by molar-refractivity contribution is 7.20. The summed E-state index contributed by atoms with van der Waals surface area (Å²) in [6, 6.07) is 7.50. The first-order chi connectivity index (χ1) is 13.0. The number of primary amides is 1. The number of nitrogens with zero attached hydrogens (tertiary/aromatic N) is 3. The molecule has 7 heteroatoms. The number of amides is 2. The van der Waals surface area contributed by atoms with Gasteiger partial charge in [-0.25, -0.2) is 4.98 Å². The van der Waals surface area contributed by atoms with Gasteiger partial charge in [0.25, 0.3) is 11.8 Å². The molecule has 1 atom stereocenters. The molecule has 0 aromatic carbocycles. The Labute approximate surface area is 161 Å². The number of hydrogen-bond donors (Lipinski definition) is 1. The van der Waals surface area contributed by atoms with E-state index in [-0.39, 0.29) is 11.8 Å². The van der Waals surface area contributed by atoms with Crippen LogP contribution in [-0.4, -0.2) is 39.8 Å². The molecule has 27 heavy (non-hydrogen) atoms. The van der Waals surface area contributed by atoms with E-state index in [0.717, 1.165) is 34.3 Å². The van der Waals surface area contributed by atoms with E-state index >= 15 is 0 Å². The molecule has 0 unspecified atom stereocenters. The lowest BCUT2D eigenvalue weighted by Crippen LogP contribution is -2.39. The summed E-state index contributed by atoms with van der Waals surface area (Å²) < 4.78 is 0. The van der Waals surface area contributed by atoms with Crippen molar-refractivity contribution in [1.82, 2.24) is 14.9 Å². The van der Waals surface area contributed by atoms with Crippen molar-refractivity contribution in [3.8, 4) is 0 Å². The monoisotopic (exact) mass is 380 g/mol. The average Bonchev–Trinajstić information content (AvgIpc) is 3.08. The summed E-state index contributed by atoms with van der Waals surface area (Å²) in [4.78, 5) is 36.7. The summed E-state index contributed by atoms with van der Waals surface area (Å²) in [5.41, 5.74) is 8.05. The normalized spacial score (nSPS) is 17.2. The van der Waals surface area contributed by atoms with Crippen LogP contribution < -0.4 is 5.73 Å². The number of carbonyl (C=O) groups excluding carboxylic acids is 2. The highest BCUT2D eigenvalue weighted by atomic mass is 32.1. The van der Waals surface area contributed by atoms with Crippen molar-refractivity contribution in [3.05, 3.63) is 58.4 Å². The lowest BCUT2D eigenvalue weighted by Gasteiger charge is -2.33. The Balaban J connectivity index is 1.66. The third kappa shape index (κ3) is 3.30. The van der Waals surface area contributed by atoms with Gasteiger partial charge in [0.2, 0.25) is 0 Å². The molecule has 3 aromatic rings. The number of fused-ring (bicyclic) bond motifs is 1. The van der Waals surface area contributed by atoms with Crippen molar-refractivity contribution in [2.24, 2.45) is 5.73 Å². The maximum atomic E-state index is 12.9. The lowest BCUT2D eigenvalue weighted by atomic mass is 9.88. The molecule has 0 spiro atoms. The van der Waals surface area contributed by atoms with Gasteiger partial charge in [-0.2, -0.15) is 0 Å². The van der Waals surface area contributed by atoms with Crippen molar-refractivity contribution in [3.63, 3.8) is 0 Å². The molecule has 2 amide bonds. The number of pyridine rings is 2. The highest BCUT2D eigenvalue weighted by Crippen LogP contribution is 2.39. The number of likely N-dealkylation sites (tertiary alicyclic amines) is 1. The number of aromatic nitrogens is 2. The van der Waals surface area contributed by atoms with Crippen LogP contribution in [0.3, 0.4) is 0 Å². The molecule has 6 nitrogen and oxygen atoms in total. The van der Waals surface area contributed by atoms with E-state index in [0.29, 0.717) is 23.5 Å². The maximum absolute atomic E-state index is 12.9. The van der Waals surface area contributed by atoms with E-state index in [1.165, 1.54) is 11.3 Å². The largest absolute Gasteiger partial charge is 0.365 e. The van der Waals surface area contributed by atoms with Gasteiger partial charge < -0.3 is 10.6 Å². The first kappa shape index (κ1) is 17.6. The molecule has 0 radical (unpaired) electrons. The van der Waals surface area contributed by atoms with Gasteiger partial charge in [0.15, 0.2) is 0 Å². The minimum Gasteiger partial charge on any atom is -0.365 e. The predicted octanol–water partition coefficient (Wildman–Crippen LogP) is 3.12. The number of nitrogens with two attached hydrogens (primary N) is 1. The minimum absolute atomic E-state index is 0.0227. The molecule has 0 bridgehead atoms. The number of rotatable bonds is 3. The molecule has 4 heterocycles. The molecule has 0 saturated carbocycles. The minimum atomic E-state index is -0.431. The molecule has 138 valence electrons. The summed E-state index contributed by atoms with van der Waals surface area (Å²) in [7, 11) is 0. The first-order valence-electron chi connectivity index (χ1n) is 8.93. The van der Waals surface area contributed by atoms with Crippen LogP contribution in [0, 0.1) is 6.92 Å². The molecular formula is C20H20N4O2S. The van der Waals surface area contributed by atoms with Gasteiger partial charge in [-0.05, 0) is 43.5 Å². The van der Waals surface area contributed by atoms with Crippen LogP contribution in [0.1, 0.15) is 50.0 Å². The van der Waals surface area contributed by atoms with Crippen LogP contribution in [-0.2, 0) is 0 Å². The third-order valence-electron chi connectivity index (χ3n) is 5.00. The van der Waals surface area contributed by atoms with Gasteiger partial charge in [0.1, 0.15) is 4.83 Å². The zero-order valence-corrected chi connectivity index (χ0v) is 15.8. The summed E-state index contributed by atoms with van der Waals surface area (Å²) in [6.07, 6.45) is 5.14. The number of hydrogen-bond acceptors (Lipinski definition) is 5. The summed E-state index contributed by atoms with van der Waals surface area (Å²) >= 11 is 1.33. The van der Waals surface area contributed by atoms with E-state index in [1.54, 1.807) is 12.4 Å². The second-order valence-electron chi connectivity index (χ2n) is 6.84. The van der Waals surface area contributed by atoms with E-state index in [1.807, 2.05) is 36.1 Å². The number of aryl methyl sites for hydroxylation is 1. The van der Waals surface area contributed by atoms with E-state index in [9.17, 15) is 9.59 Å². The smallest absolute Gasteiger partial charge is 0.259 e. The first-order valence-corrected chi connectivity index (χ1v) is 9.75. The molecule has 1 aliphatic rings. The summed E-state index contributed by atoms with van der Waals surface area (Å²) in [5, 5.41) is 0.965. The average molecular weight is 380 g/mol. The SMILES string of the molecule is Cc1ccc(C(=O)N2CCC[C@@H](c3c(C(N)=O)sc4ncccc34)C2)cn1. The van der Waals surface area contributed by atoms with Crippen LogP contribution in [0.4, 0.5) is 0 Å².